The SMILES string of the molecule is Cc1ccc2c(c1)[C@@]1(SCC(=O)N1c1ccc(F)cc1)C(=O)N2CC(=O)Nc1ccccc1C. The molecule has 3 aromatic rings. The number of anilines is 3. The number of para-hydroxylation sites is 1. The van der Waals surface area contributed by atoms with Crippen LogP contribution in [0.1, 0.15) is 16.7 Å². The Balaban J connectivity index is 1.55. The van der Waals surface area contributed by atoms with Crippen LogP contribution >= 0.6 is 11.8 Å². The van der Waals surface area contributed by atoms with Crippen molar-refractivity contribution in [2.45, 2.75) is 18.7 Å². The zero-order valence-corrected chi connectivity index (χ0v) is 19.5. The summed E-state index contributed by atoms with van der Waals surface area (Å²) in [7, 11) is 0. The van der Waals surface area contributed by atoms with E-state index in [4.69, 9.17) is 0 Å². The Labute approximate surface area is 200 Å². The summed E-state index contributed by atoms with van der Waals surface area (Å²) >= 11 is 1.22. The van der Waals surface area contributed by atoms with E-state index in [-0.39, 0.29) is 30.0 Å². The maximum absolute atomic E-state index is 14.0. The molecule has 1 atom stereocenters. The molecular weight excluding hydrogens is 453 g/mol. The van der Waals surface area contributed by atoms with Gasteiger partial charge in [0, 0.05) is 16.9 Å². The number of aryl methyl sites for hydroxylation is 2. The number of carbonyl (C=O) groups excluding carboxylic acids is 3. The molecule has 6 nitrogen and oxygen atoms in total. The first kappa shape index (κ1) is 22.2. The molecule has 0 unspecified atom stereocenters. The van der Waals surface area contributed by atoms with Crippen LogP contribution in [0, 0.1) is 19.7 Å². The highest BCUT2D eigenvalue weighted by molar-refractivity contribution is 8.02. The van der Waals surface area contributed by atoms with E-state index in [1.165, 1.54) is 45.8 Å². The molecule has 34 heavy (non-hydrogen) atoms. The summed E-state index contributed by atoms with van der Waals surface area (Å²) in [5.74, 6) is -1.29. The maximum Gasteiger partial charge on any atom is 0.269 e. The van der Waals surface area contributed by atoms with Crippen molar-refractivity contribution in [1.82, 2.24) is 0 Å². The van der Waals surface area contributed by atoms with Gasteiger partial charge in [0.25, 0.3) is 5.91 Å². The van der Waals surface area contributed by atoms with Gasteiger partial charge in [0.15, 0.2) is 0 Å². The zero-order chi connectivity index (χ0) is 24.0. The first-order chi connectivity index (χ1) is 16.3. The van der Waals surface area contributed by atoms with Crippen LogP contribution in [0.4, 0.5) is 21.5 Å². The number of nitrogens with zero attached hydrogens (tertiary/aromatic N) is 2. The summed E-state index contributed by atoms with van der Waals surface area (Å²) < 4.78 is 13.6. The van der Waals surface area contributed by atoms with Crippen molar-refractivity contribution in [1.29, 1.82) is 0 Å². The van der Waals surface area contributed by atoms with Crippen molar-refractivity contribution in [2.24, 2.45) is 0 Å². The van der Waals surface area contributed by atoms with E-state index in [0.29, 0.717) is 22.6 Å². The van der Waals surface area contributed by atoms with Gasteiger partial charge >= 0.3 is 0 Å². The number of benzene rings is 3. The Morgan fingerprint density at radius 3 is 2.53 bits per heavy atom. The predicted octanol–water partition coefficient (Wildman–Crippen LogP) is 4.36. The number of hydrogen-bond acceptors (Lipinski definition) is 4. The molecule has 0 aliphatic carbocycles. The minimum Gasteiger partial charge on any atom is -0.324 e. The number of fused-ring (bicyclic) bond motifs is 2. The minimum absolute atomic E-state index is 0.0970. The Hall–Kier alpha value is -3.65. The topological polar surface area (TPSA) is 69.7 Å². The molecule has 3 aromatic carbocycles. The Kier molecular flexibility index (Phi) is 5.40. The molecule has 0 radical (unpaired) electrons. The van der Waals surface area contributed by atoms with Crippen molar-refractivity contribution in [3.8, 4) is 0 Å². The van der Waals surface area contributed by atoms with Gasteiger partial charge in [-0.25, -0.2) is 4.39 Å². The van der Waals surface area contributed by atoms with E-state index in [2.05, 4.69) is 5.32 Å². The van der Waals surface area contributed by atoms with Gasteiger partial charge in [0.05, 0.1) is 11.4 Å². The highest BCUT2D eigenvalue weighted by Crippen LogP contribution is 2.55. The van der Waals surface area contributed by atoms with Gasteiger partial charge in [-0.1, -0.05) is 35.9 Å². The third-order valence-corrected chi connectivity index (χ3v) is 7.50. The van der Waals surface area contributed by atoms with Gasteiger partial charge in [-0.05, 0) is 55.8 Å². The van der Waals surface area contributed by atoms with Crippen molar-refractivity contribution in [2.75, 3.05) is 27.4 Å². The second-order valence-corrected chi connectivity index (χ2v) is 9.58. The van der Waals surface area contributed by atoms with Crippen LogP contribution in [0.2, 0.25) is 0 Å². The normalized spacial score (nSPS) is 19.1. The number of rotatable bonds is 4. The van der Waals surface area contributed by atoms with E-state index in [1.54, 1.807) is 6.07 Å². The Morgan fingerprint density at radius 2 is 1.79 bits per heavy atom. The van der Waals surface area contributed by atoms with Crippen molar-refractivity contribution in [3.63, 3.8) is 0 Å². The lowest BCUT2D eigenvalue weighted by atomic mass is 10.0. The lowest BCUT2D eigenvalue weighted by Gasteiger charge is -2.33. The molecule has 1 fully saturated rings. The molecule has 1 spiro atoms. The summed E-state index contributed by atoms with van der Waals surface area (Å²) in [5.41, 5.74) is 4.19. The fraction of sp³-hybridized carbons (Fsp3) is 0.192. The fourth-order valence-electron chi connectivity index (χ4n) is 4.51. The van der Waals surface area contributed by atoms with E-state index < -0.39 is 10.7 Å². The van der Waals surface area contributed by atoms with E-state index in [1.807, 2.05) is 50.2 Å². The molecule has 2 aliphatic heterocycles. The van der Waals surface area contributed by atoms with E-state index in [0.717, 1.165) is 11.1 Å². The van der Waals surface area contributed by atoms with Crippen molar-refractivity contribution in [3.05, 3.63) is 89.2 Å². The van der Waals surface area contributed by atoms with Crippen molar-refractivity contribution < 1.29 is 18.8 Å². The van der Waals surface area contributed by atoms with Gasteiger partial charge < -0.3 is 5.32 Å². The highest BCUT2D eigenvalue weighted by atomic mass is 32.2. The maximum atomic E-state index is 14.0. The smallest absolute Gasteiger partial charge is 0.269 e. The number of halogens is 1. The molecule has 0 bridgehead atoms. The van der Waals surface area contributed by atoms with Crippen LogP contribution in [-0.4, -0.2) is 30.0 Å². The monoisotopic (exact) mass is 475 g/mol. The molecule has 2 heterocycles. The standard InChI is InChI=1S/C26H22FN3O3S/c1-16-7-12-22-20(13-16)26(30(24(32)15-34-26)19-10-8-18(27)9-11-19)25(33)29(22)14-23(31)28-21-6-4-3-5-17(21)2/h3-13H,14-15H2,1-2H3,(H,28,31)/t26-/m1/s1. The van der Waals surface area contributed by atoms with Crippen molar-refractivity contribution >= 4 is 46.5 Å². The largest absolute Gasteiger partial charge is 0.324 e. The van der Waals surface area contributed by atoms with Crippen LogP contribution in [0.15, 0.2) is 66.7 Å². The second kappa shape index (κ2) is 8.29. The van der Waals surface area contributed by atoms with Gasteiger partial charge in [0.2, 0.25) is 16.7 Å². The van der Waals surface area contributed by atoms with E-state index >= 15 is 0 Å². The Morgan fingerprint density at radius 1 is 1.06 bits per heavy atom. The molecule has 0 aromatic heterocycles. The van der Waals surface area contributed by atoms with E-state index in [9.17, 15) is 18.8 Å². The third-order valence-electron chi connectivity index (χ3n) is 6.12. The number of hydrogen-bond donors (Lipinski definition) is 1. The molecule has 0 saturated carbocycles. The molecule has 2 aliphatic rings. The molecule has 5 rings (SSSR count). The lowest BCUT2D eigenvalue weighted by Crippen LogP contribution is -2.50. The van der Waals surface area contributed by atoms with Crippen LogP contribution < -0.4 is 15.1 Å². The van der Waals surface area contributed by atoms with Gasteiger partial charge in [-0.2, -0.15) is 0 Å². The summed E-state index contributed by atoms with van der Waals surface area (Å²) in [4.78, 5) is 41.5. The van der Waals surface area contributed by atoms with Gasteiger partial charge in [-0.3, -0.25) is 24.2 Å². The molecule has 1 saturated heterocycles. The van der Waals surface area contributed by atoms with Crippen LogP contribution in [-0.2, 0) is 19.3 Å². The first-order valence-electron chi connectivity index (χ1n) is 10.8. The summed E-state index contributed by atoms with van der Waals surface area (Å²) in [5, 5.41) is 2.87. The average molecular weight is 476 g/mol. The molecular formula is C26H22FN3O3S. The third kappa shape index (κ3) is 3.45. The highest BCUT2D eigenvalue weighted by Gasteiger charge is 2.61. The molecule has 172 valence electrons. The summed E-state index contributed by atoms with van der Waals surface area (Å²) in [6.07, 6.45) is 0. The quantitative estimate of drug-likeness (QED) is 0.609. The average Bonchev–Trinajstić information content (AvgIpc) is 3.27. The predicted molar refractivity (Wildman–Crippen MR) is 131 cm³/mol. The molecule has 3 amide bonds. The van der Waals surface area contributed by atoms with Crippen LogP contribution in [0.3, 0.4) is 0 Å². The second-order valence-electron chi connectivity index (χ2n) is 8.41. The van der Waals surface area contributed by atoms with Gasteiger partial charge in [-0.15, -0.1) is 11.8 Å². The number of nitrogens with one attached hydrogen (secondary N) is 1. The summed E-state index contributed by atoms with van der Waals surface area (Å²) in [6, 6.07) is 18.5. The number of thioether (sulfide) groups is 1. The lowest BCUT2D eigenvalue weighted by molar-refractivity contribution is -0.124. The number of amides is 3. The molecule has 8 heteroatoms. The fourth-order valence-corrected chi connectivity index (χ4v) is 5.86. The molecule has 1 N–H and O–H groups in total. The van der Waals surface area contributed by atoms with Gasteiger partial charge in [0.1, 0.15) is 12.4 Å². The van der Waals surface area contributed by atoms with Crippen LogP contribution in [0.25, 0.3) is 0 Å². The number of carbonyl (C=O) groups is 3. The Bertz CT molecular complexity index is 1330. The summed E-state index contributed by atoms with van der Waals surface area (Å²) in [6.45, 7) is 3.61. The minimum atomic E-state index is -1.35. The van der Waals surface area contributed by atoms with Crippen LogP contribution in [0.5, 0.6) is 0 Å². The first-order valence-corrected chi connectivity index (χ1v) is 11.8. The zero-order valence-electron chi connectivity index (χ0n) is 18.7.